The maximum Gasteiger partial charge on any atom is 0.250 e. The number of nitrogens with zero attached hydrogens (tertiary/aromatic N) is 2. The van der Waals surface area contributed by atoms with Gasteiger partial charge in [0, 0.05) is 32.9 Å². The third-order valence-electron chi connectivity index (χ3n) is 2.73. The Balaban J connectivity index is 0.000000754. The molecule has 0 saturated carbocycles. The van der Waals surface area contributed by atoms with Crippen molar-refractivity contribution >= 4 is 36.1 Å². The van der Waals surface area contributed by atoms with E-state index in [2.05, 4.69) is 0 Å². The van der Waals surface area contributed by atoms with Gasteiger partial charge in [-0.25, -0.2) is 4.39 Å². The molecule has 1 aromatic rings. The van der Waals surface area contributed by atoms with Crippen molar-refractivity contribution in [2.45, 2.75) is 0 Å². The number of carbonyl (C=O) groups is 4. The van der Waals surface area contributed by atoms with Crippen LogP contribution in [0.5, 0.6) is 0 Å². The monoisotopic (exact) mass is 334 g/mol. The smallest absolute Gasteiger partial charge is 0.250 e. The number of anilines is 2. The first-order valence-corrected chi connectivity index (χ1v) is 6.81. The number of carbonyl (C=O) groups excluding carboxylic acids is 4. The Hall–Kier alpha value is -3.09. The number of amides is 1. The molecule has 128 valence electrons. The zero-order valence-electron chi connectivity index (χ0n) is 13.7. The first-order chi connectivity index (χ1) is 11.4. The highest BCUT2D eigenvalue weighted by atomic mass is 19.1. The first kappa shape index (κ1) is 20.9. The molecule has 0 atom stereocenters. The summed E-state index contributed by atoms with van der Waals surface area (Å²) >= 11 is 0. The van der Waals surface area contributed by atoms with Crippen LogP contribution >= 0.6 is 0 Å². The fourth-order valence-electron chi connectivity index (χ4n) is 1.49. The second kappa shape index (κ2) is 11.5. The molecule has 0 fully saturated rings. The Morgan fingerprint density at radius 3 is 1.92 bits per heavy atom. The minimum absolute atomic E-state index is 0.168. The molecule has 0 aliphatic carbocycles. The molecule has 0 aromatic heterocycles. The predicted octanol–water partition coefficient (Wildman–Crippen LogP) is 1.55. The summed E-state index contributed by atoms with van der Waals surface area (Å²) in [6.07, 6.45) is 6.03. The van der Waals surface area contributed by atoms with Crippen LogP contribution in [0.25, 0.3) is 0 Å². The zero-order valence-corrected chi connectivity index (χ0v) is 13.7. The summed E-state index contributed by atoms with van der Waals surface area (Å²) in [7, 11) is 5.05. The standard InChI is InChI=1S/C13H15FN2O2.C4H4O2/c1-15(2)10-6-7-12(11(14)9-10)16(3)13(18)5-4-8-17;5-3-1-2-4-6/h4-9H,1-3H3;1-4H/b5-4-;2-1-. The first-order valence-electron chi connectivity index (χ1n) is 6.81. The molecule has 0 aliphatic heterocycles. The third kappa shape index (κ3) is 7.26. The number of allylic oxidation sites excluding steroid dienone is 3. The summed E-state index contributed by atoms with van der Waals surface area (Å²) < 4.78 is 13.8. The van der Waals surface area contributed by atoms with Gasteiger partial charge in [-0.05, 0) is 36.4 Å². The van der Waals surface area contributed by atoms with Gasteiger partial charge in [0.05, 0.1) is 5.69 Å². The Kier molecular flexibility index (Phi) is 10.00. The van der Waals surface area contributed by atoms with Gasteiger partial charge >= 0.3 is 0 Å². The second-order valence-corrected chi connectivity index (χ2v) is 4.58. The fourth-order valence-corrected chi connectivity index (χ4v) is 1.49. The van der Waals surface area contributed by atoms with Crippen LogP contribution in [0.3, 0.4) is 0 Å². The molecule has 6 nitrogen and oxygen atoms in total. The normalized spacial score (nSPS) is 10.0. The molecule has 0 saturated heterocycles. The van der Waals surface area contributed by atoms with E-state index in [9.17, 15) is 23.6 Å². The van der Waals surface area contributed by atoms with Crippen LogP contribution in [0.2, 0.25) is 0 Å². The number of hydrogen-bond donors (Lipinski definition) is 0. The lowest BCUT2D eigenvalue weighted by atomic mass is 10.2. The van der Waals surface area contributed by atoms with Crippen LogP contribution in [0.1, 0.15) is 0 Å². The van der Waals surface area contributed by atoms with Crippen LogP contribution < -0.4 is 9.80 Å². The number of rotatable bonds is 6. The van der Waals surface area contributed by atoms with Gasteiger partial charge in [0.25, 0.3) is 5.91 Å². The van der Waals surface area contributed by atoms with E-state index in [0.717, 1.165) is 29.2 Å². The summed E-state index contributed by atoms with van der Waals surface area (Å²) in [6.45, 7) is 0. The maximum absolute atomic E-state index is 13.8. The molecule has 0 radical (unpaired) electrons. The Morgan fingerprint density at radius 2 is 1.50 bits per heavy atom. The van der Waals surface area contributed by atoms with Crippen LogP contribution in [-0.4, -0.2) is 45.9 Å². The largest absolute Gasteiger partial charge is 0.378 e. The zero-order chi connectivity index (χ0) is 18.5. The van der Waals surface area contributed by atoms with E-state index in [-0.39, 0.29) is 5.69 Å². The number of benzene rings is 1. The molecule has 7 heteroatoms. The van der Waals surface area contributed by atoms with Crippen LogP contribution in [-0.2, 0) is 19.2 Å². The summed E-state index contributed by atoms with van der Waals surface area (Å²) in [5.41, 5.74) is 0.877. The van der Waals surface area contributed by atoms with Gasteiger partial charge in [-0.2, -0.15) is 0 Å². The summed E-state index contributed by atoms with van der Waals surface area (Å²) in [5, 5.41) is 0. The van der Waals surface area contributed by atoms with Crippen LogP contribution in [0.15, 0.2) is 42.5 Å². The molecule has 0 spiro atoms. The van der Waals surface area contributed by atoms with Crippen molar-refractivity contribution in [3.8, 4) is 0 Å². The highest BCUT2D eigenvalue weighted by molar-refractivity contribution is 6.02. The molecule has 0 heterocycles. The average molecular weight is 334 g/mol. The van der Waals surface area contributed by atoms with E-state index < -0.39 is 11.7 Å². The quantitative estimate of drug-likeness (QED) is 0.583. The van der Waals surface area contributed by atoms with Crippen molar-refractivity contribution in [2.75, 3.05) is 30.9 Å². The van der Waals surface area contributed by atoms with Gasteiger partial charge < -0.3 is 9.80 Å². The molecule has 24 heavy (non-hydrogen) atoms. The number of likely N-dealkylation sites (N-methyl/N-ethyl adjacent to an activating group) is 1. The summed E-state index contributed by atoms with van der Waals surface area (Å²) in [4.78, 5) is 43.2. The average Bonchev–Trinajstić information content (AvgIpc) is 2.57. The lowest BCUT2D eigenvalue weighted by Gasteiger charge is -2.18. The summed E-state index contributed by atoms with van der Waals surface area (Å²) in [6, 6.07) is 4.59. The van der Waals surface area contributed by atoms with E-state index in [0.29, 0.717) is 24.5 Å². The van der Waals surface area contributed by atoms with E-state index in [4.69, 9.17) is 0 Å². The lowest BCUT2D eigenvalue weighted by Crippen LogP contribution is -2.25. The number of aldehydes is 3. The van der Waals surface area contributed by atoms with Gasteiger partial charge in [0.15, 0.2) is 0 Å². The Labute approximate surface area is 139 Å². The fraction of sp³-hybridized carbons (Fsp3) is 0.176. The molecule has 0 aliphatic rings. The SMILES string of the molecule is CN(C)c1ccc(N(C)C(=O)/C=C\C=O)c(F)c1.O=C/C=C\C=O. The van der Waals surface area contributed by atoms with Gasteiger partial charge in [0.1, 0.15) is 24.7 Å². The minimum atomic E-state index is -0.489. The number of hydrogen-bond acceptors (Lipinski definition) is 5. The van der Waals surface area contributed by atoms with E-state index in [1.165, 1.54) is 19.2 Å². The van der Waals surface area contributed by atoms with Crippen molar-refractivity contribution in [1.82, 2.24) is 0 Å². The molecule has 0 N–H and O–H groups in total. The van der Waals surface area contributed by atoms with Crippen LogP contribution in [0.4, 0.5) is 15.8 Å². The molecule has 1 amide bonds. The maximum atomic E-state index is 13.8. The van der Waals surface area contributed by atoms with Crippen molar-refractivity contribution in [1.29, 1.82) is 0 Å². The van der Waals surface area contributed by atoms with Crippen molar-refractivity contribution in [2.24, 2.45) is 0 Å². The van der Waals surface area contributed by atoms with Gasteiger partial charge in [-0.1, -0.05) is 0 Å². The van der Waals surface area contributed by atoms with Crippen LogP contribution in [0, 0.1) is 5.82 Å². The Morgan fingerprint density at radius 1 is 0.958 bits per heavy atom. The molecule has 1 aromatic carbocycles. The minimum Gasteiger partial charge on any atom is -0.378 e. The molecular weight excluding hydrogens is 315 g/mol. The highest BCUT2D eigenvalue weighted by Gasteiger charge is 2.13. The lowest BCUT2D eigenvalue weighted by molar-refractivity contribution is -0.114. The number of halogens is 1. The van der Waals surface area contributed by atoms with Gasteiger partial charge in [0.2, 0.25) is 0 Å². The van der Waals surface area contributed by atoms with Gasteiger partial charge in [-0.3, -0.25) is 19.2 Å². The molecule has 1 rings (SSSR count). The Bertz CT molecular complexity index is 629. The van der Waals surface area contributed by atoms with Gasteiger partial charge in [-0.15, -0.1) is 0 Å². The molecule has 0 bridgehead atoms. The second-order valence-electron chi connectivity index (χ2n) is 4.58. The van der Waals surface area contributed by atoms with E-state index in [1.54, 1.807) is 25.1 Å². The highest BCUT2D eigenvalue weighted by Crippen LogP contribution is 2.23. The van der Waals surface area contributed by atoms with E-state index in [1.807, 2.05) is 0 Å². The molecule has 0 unspecified atom stereocenters. The predicted molar refractivity (Wildman–Crippen MR) is 90.6 cm³/mol. The van der Waals surface area contributed by atoms with Crippen molar-refractivity contribution < 1.29 is 23.6 Å². The van der Waals surface area contributed by atoms with Crippen molar-refractivity contribution in [3.63, 3.8) is 0 Å². The molecular formula is C17H19FN2O4. The topological polar surface area (TPSA) is 74.8 Å². The van der Waals surface area contributed by atoms with E-state index >= 15 is 0 Å². The van der Waals surface area contributed by atoms with Crippen molar-refractivity contribution in [3.05, 3.63) is 48.3 Å². The third-order valence-corrected chi connectivity index (χ3v) is 2.73. The summed E-state index contributed by atoms with van der Waals surface area (Å²) in [5.74, 6) is -0.949.